The highest BCUT2D eigenvalue weighted by atomic mass is 32.2. The van der Waals surface area contributed by atoms with Crippen molar-refractivity contribution < 1.29 is 12.9 Å². The molecule has 140 valence electrons. The van der Waals surface area contributed by atoms with E-state index in [1.807, 2.05) is 60.7 Å². The van der Waals surface area contributed by atoms with Gasteiger partial charge in [0.1, 0.15) is 5.69 Å². The minimum Gasteiger partial charge on any atom is -0.348 e. The molecule has 0 amide bonds. The minimum absolute atomic E-state index is 0.0327. The molecule has 0 fully saturated rings. The third-order valence-corrected chi connectivity index (χ3v) is 6.07. The van der Waals surface area contributed by atoms with Gasteiger partial charge in [0.05, 0.1) is 10.5 Å². The molecule has 3 aromatic carbocycles. The van der Waals surface area contributed by atoms with Crippen LogP contribution in [0.1, 0.15) is 0 Å². The first-order valence-electron chi connectivity index (χ1n) is 8.44. The molecule has 4 aromatic rings. The average molecular weight is 409 g/mol. The van der Waals surface area contributed by atoms with Crippen molar-refractivity contribution in [2.24, 2.45) is 5.14 Å². The van der Waals surface area contributed by atoms with Gasteiger partial charge in [0.15, 0.2) is 0 Å². The van der Waals surface area contributed by atoms with Crippen molar-refractivity contribution >= 4 is 21.8 Å². The van der Waals surface area contributed by atoms with E-state index in [0.29, 0.717) is 21.9 Å². The second-order valence-electron chi connectivity index (χ2n) is 6.02. The molecule has 5 nitrogen and oxygen atoms in total. The van der Waals surface area contributed by atoms with E-state index in [-0.39, 0.29) is 4.90 Å². The molecular formula is C21H16N2O3S2. The van der Waals surface area contributed by atoms with Crippen LogP contribution < -0.4 is 5.14 Å². The SMILES string of the molecule is NS(=O)(=O)c1ccccc1-c1c(-c2ccccc2)noc1Sc1ccccc1. The standard InChI is InChI=1S/C21H16N2O3S2/c22-28(24,25)18-14-8-7-13-17(18)19-20(15-9-3-1-4-10-15)23-26-21(19)27-16-11-5-2-6-12-16/h1-14H,(H2,22,24,25). The van der Waals surface area contributed by atoms with Crippen molar-refractivity contribution in [1.29, 1.82) is 0 Å². The minimum atomic E-state index is -3.93. The summed E-state index contributed by atoms with van der Waals surface area (Å²) in [6.07, 6.45) is 0. The Kier molecular flexibility index (Phi) is 5.04. The number of rotatable bonds is 5. The summed E-state index contributed by atoms with van der Waals surface area (Å²) < 4.78 is 30.0. The van der Waals surface area contributed by atoms with Gasteiger partial charge in [0.2, 0.25) is 15.1 Å². The number of hydrogen-bond donors (Lipinski definition) is 1. The smallest absolute Gasteiger partial charge is 0.238 e. The fraction of sp³-hybridized carbons (Fsp3) is 0. The quantitative estimate of drug-likeness (QED) is 0.512. The summed E-state index contributed by atoms with van der Waals surface area (Å²) in [6.45, 7) is 0. The number of sulfonamides is 1. The topological polar surface area (TPSA) is 86.2 Å². The van der Waals surface area contributed by atoms with Gasteiger partial charge in [-0.2, -0.15) is 0 Å². The van der Waals surface area contributed by atoms with E-state index >= 15 is 0 Å². The highest BCUT2D eigenvalue weighted by Gasteiger charge is 2.25. The number of nitrogens with zero attached hydrogens (tertiary/aromatic N) is 1. The highest BCUT2D eigenvalue weighted by Crippen LogP contribution is 2.43. The van der Waals surface area contributed by atoms with Gasteiger partial charge in [0, 0.05) is 16.0 Å². The maximum atomic E-state index is 12.2. The lowest BCUT2D eigenvalue weighted by Gasteiger charge is -2.09. The zero-order valence-electron chi connectivity index (χ0n) is 14.6. The molecule has 0 unspecified atom stereocenters. The summed E-state index contributed by atoms with van der Waals surface area (Å²) in [4.78, 5) is 0.984. The molecule has 0 saturated carbocycles. The van der Waals surface area contributed by atoms with Gasteiger partial charge in [-0.1, -0.05) is 71.9 Å². The Morgan fingerprint density at radius 1 is 0.821 bits per heavy atom. The molecule has 0 saturated heterocycles. The molecule has 7 heteroatoms. The first-order valence-corrected chi connectivity index (χ1v) is 10.8. The van der Waals surface area contributed by atoms with Crippen LogP contribution in [0.25, 0.3) is 22.4 Å². The van der Waals surface area contributed by atoms with E-state index in [4.69, 9.17) is 9.66 Å². The van der Waals surface area contributed by atoms with Gasteiger partial charge in [0.25, 0.3) is 0 Å². The van der Waals surface area contributed by atoms with Gasteiger partial charge < -0.3 is 4.52 Å². The zero-order valence-corrected chi connectivity index (χ0v) is 16.3. The van der Waals surface area contributed by atoms with Crippen molar-refractivity contribution in [3.63, 3.8) is 0 Å². The van der Waals surface area contributed by atoms with Gasteiger partial charge in [-0.3, -0.25) is 0 Å². The molecule has 0 aliphatic heterocycles. The zero-order chi connectivity index (χ0) is 19.6. The van der Waals surface area contributed by atoms with Gasteiger partial charge in [-0.15, -0.1) is 0 Å². The largest absolute Gasteiger partial charge is 0.348 e. The average Bonchev–Trinajstić information content (AvgIpc) is 3.12. The third-order valence-electron chi connectivity index (χ3n) is 4.12. The molecule has 1 aromatic heterocycles. The molecule has 0 aliphatic carbocycles. The number of primary sulfonamides is 1. The molecule has 4 rings (SSSR count). The van der Waals surface area contributed by atoms with Crippen molar-refractivity contribution in [3.8, 4) is 22.4 Å². The van der Waals surface area contributed by atoms with Gasteiger partial charge >= 0.3 is 0 Å². The Balaban J connectivity index is 1.95. The van der Waals surface area contributed by atoms with Crippen LogP contribution in [0.15, 0.2) is 104 Å². The van der Waals surface area contributed by atoms with Crippen molar-refractivity contribution in [2.75, 3.05) is 0 Å². The molecule has 0 bridgehead atoms. The Labute approximate surface area is 167 Å². The van der Waals surface area contributed by atoms with Gasteiger partial charge in [-0.05, 0) is 30.0 Å². The van der Waals surface area contributed by atoms with Crippen molar-refractivity contribution in [2.45, 2.75) is 14.9 Å². The summed E-state index contributed by atoms with van der Waals surface area (Å²) in [5.74, 6) is 0. The number of benzene rings is 3. The second kappa shape index (κ2) is 7.63. The summed E-state index contributed by atoms with van der Waals surface area (Å²) in [5, 5.41) is 10.2. The molecule has 0 atom stereocenters. The van der Waals surface area contributed by atoms with E-state index in [9.17, 15) is 8.42 Å². The molecule has 0 aliphatic rings. The molecule has 2 N–H and O–H groups in total. The Morgan fingerprint density at radius 3 is 2.11 bits per heavy atom. The Bertz CT molecular complexity index is 1200. The maximum Gasteiger partial charge on any atom is 0.238 e. The van der Waals surface area contributed by atoms with Gasteiger partial charge in [-0.25, -0.2) is 13.6 Å². The Hall–Kier alpha value is -2.87. The summed E-state index contributed by atoms with van der Waals surface area (Å²) in [7, 11) is -3.93. The number of hydrogen-bond acceptors (Lipinski definition) is 5. The van der Waals surface area contributed by atoms with Crippen LogP contribution in [0, 0.1) is 0 Å². The second-order valence-corrected chi connectivity index (χ2v) is 8.59. The van der Waals surface area contributed by atoms with Crippen molar-refractivity contribution in [3.05, 3.63) is 84.9 Å². The van der Waals surface area contributed by atoms with Crippen LogP contribution in [0.2, 0.25) is 0 Å². The molecule has 0 radical (unpaired) electrons. The lowest BCUT2D eigenvalue weighted by molar-refractivity contribution is 0.352. The monoisotopic (exact) mass is 408 g/mol. The summed E-state index contributed by atoms with van der Waals surface area (Å²) in [6, 6.07) is 25.8. The molecule has 28 heavy (non-hydrogen) atoms. The van der Waals surface area contributed by atoms with E-state index in [1.54, 1.807) is 18.2 Å². The summed E-state index contributed by atoms with van der Waals surface area (Å²) >= 11 is 1.38. The van der Waals surface area contributed by atoms with Crippen LogP contribution in [0.5, 0.6) is 0 Å². The van der Waals surface area contributed by atoms with Crippen LogP contribution in [0.4, 0.5) is 0 Å². The van der Waals surface area contributed by atoms with E-state index in [1.165, 1.54) is 17.8 Å². The van der Waals surface area contributed by atoms with Crippen molar-refractivity contribution in [1.82, 2.24) is 5.16 Å². The lowest BCUT2D eigenvalue weighted by atomic mass is 10.0. The number of aromatic nitrogens is 1. The molecule has 1 heterocycles. The first-order chi connectivity index (χ1) is 13.5. The predicted molar refractivity (Wildman–Crippen MR) is 109 cm³/mol. The predicted octanol–water partition coefficient (Wildman–Crippen LogP) is 4.81. The van der Waals surface area contributed by atoms with Crippen LogP contribution in [-0.2, 0) is 10.0 Å². The molecule has 0 spiro atoms. The van der Waals surface area contributed by atoms with Crippen LogP contribution in [0.3, 0.4) is 0 Å². The van der Waals surface area contributed by atoms with E-state index in [2.05, 4.69) is 5.16 Å². The number of nitrogens with two attached hydrogens (primary N) is 1. The fourth-order valence-electron chi connectivity index (χ4n) is 2.89. The maximum absolute atomic E-state index is 12.2. The summed E-state index contributed by atoms with van der Waals surface area (Å²) in [5.41, 5.74) is 2.45. The van der Waals surface area contributed by atoms with E-state index < -0.39 is 10.0 Å². The first kappa shape index (κ1) is 18.5. The normalized spacial score (nSPS) is 11.5. The Morgan fingerprint density at radius 2 is 1.43 bits per heavy atom. The van der Waals surface area contributed by atoms with Crippen LogP contribution >= 0.6 is 11.8 Å². The van der Waals surface area contributed by atoms with E-state index in [0.717, 1.165) is 10.5 Å². The van der Waals surface area contributed by atoms with Crippen LogP contribution in [-0.4, -0.2) is 13.6 Å². The third kappa shape index (κ3) is 3.73. The molecular weight excluding hydrogens is 392 g/mol. The highest BCUT2D eigenvalue weighted by molar-refractivity contribution is 7.99. The fourth-order valence-corrected chi connectivity index (χ4v) is 4.53. The lowest BCUT2D eigenvalue weighted by Crippen LogP contribution is -2.13.